The Hall–Kier alpha value is -1.63. The molecular weight excluding hydrogens is 312 g/mol. The Bertz CT molecular complexity index is 480. The minimum absolute atomic E-state index is 0.0578. The van der Waals surface area contributed by atoms with Gasteiger partial charge in [-0.1, -0.05) is 0 Å². The molecule has 2 saturated heterocycles. The molecule has 1 atom stereocenters. The number of carbonyl (C=O) groups is 3. The van der Waals surface area contributed by atoms with Crippen molar-refractivity contribution in [2.45, 2.75) is 70.6 Å². The molecule has 0 aromatic carbocycles. The maximum atomic E-state index is 12.9. The second-order valence-corrected chi connectivity index (χ2v) is 7.41. The lowest BCUT2D eigenvalue weighted by Crippen LogP contribution is -2.55. The third-order valence-electron chi connectivity index (χ3n) is 4.16. The number of ether oxygens (including phenoxy) is 2. The molecule has 2 rings (SSSR count). The summed E-state index contributed by atoms with van der Waals surface area (Å²) in [5.74, 6) is -0.728. The van der Waals surface area contributed by atoms with E-state index in [0.717, 1.165) is 0 Å². The van der Waals surface area contributed by atoms with Gasteiger partial charge in [0.2, 0.25) is 11.8 Å². The summed E-state index contributed by atoms with van der Waals surface area (Å²) < 4.78 is 10.7. The summed E-state index contributed by atoms with van der Waals surface area (Å²) in [6.45, 7) is 6.44. The molecule has 7 heteroatoms. The molecule has 7 nitrogen and oxygen atoms in total. The van der Waals surface area contributed by atoms with Crippen molar-refractivity contribution >= 4 is 17.8 Å². The van der Waals surface area contributed by atoms with Crippen molar-refractivity contribution in [2.75, 3.05) is 19.8 Å². The smallest absolute Gasteiger partial charge is 0.326 e. The fraction of sp³-hybridized carbons (Fsp3) is 0.824. The van der Waals surface area contributed by atoms with Gasteiger partial charge in [0.1, 0.15) is 18.2 Å². The maximum absolute atomic E-state index is 12.9. The fourth-order valence-electron chi connectivity index (χ4n) is 3.09. The molecule has 136 valence electrons. The molecule has 0 bridgehead atoms. The largest absolute Gasteiger partial charge is 0.459 e. The van der Waals surface area contributed by atoms with Crippen LogP contribution in [0.4, 0.5) is 0 Å². The van der Waals surface area contributed by atoms with E-state index in [9.17, 15) is 14.4 Å². The predicted molar refractivity (Wildman–Crippen MR) is 87.2 cm³/mol. The summed E-state index contributed by atoms with van der Waals surface area (Å²) in [4.78, 5) is 38.3. The molecule has 2 fully saturated rings. The van der Waals surface area contributed by atoms with Crippen molar-refractivity contribution in [3.8, 4) is 0 Å². The van der Waals surface area contributed by atoms with E-state index in [1.807, 2.05) is 0 Å². The number of nitrogens with one attached hydrogen (secondary N) is 1. The van der Waals surface area contributed by atoms with Crippen LogP contribution in [0.2, 0.25) is 0 Å². The lowest BCUT2D eigenvalue weighted by molar-refractivity contribution is -0.161. The van der Waals surface area contributed by atoms with E-state index >= 15 is 0 Å². The Morgan fingerprint density at radius 2 is 1.92 bits per heavy atom. The monoisotopic (exact) mass is 340 g/mol. The van der Waals surface area contributed by atoms with Gasteiger partial charge in [-0.05, 0) is 46.5 Å². The summed E-state index contributed by atoms with van der Waals surface area (Å²) in [6.07, 6.45) is 3.13. The van der Waals surface area contributed by atoms with Gasteiger partial charge in [-0.25, -0.2) is 0 Å². The minimum atomic E-state index is -0.597. The third-order valence-corrected chi connectivity index (χ3v) is 4.16. The van der Waals surface area contributed by atoms with E-state index in [1.54, 1.807) is 25.7 Å². The van der Waals surface area contributed by atoms with Crippen LogP contribution in [-0.2, 0) is 23.9 Å². The molecule has 2 aliphatic heterocycles. The highest BCUT2D eigenvalue weighted by atomic mass is 16.6. The van der Waals surface area contributed by atoms with Crippen LogP contribution in [0.25, 0.3) is 0 Å². The van der Waals surface area contributed by atoms with E-state index in [2.05, 4.69) is 5.32 Å². The van der Waals surface area contributed by atoms with Crippen molar-refractivity contribution in [3.63, 3.8) is 0 Å². The lowest BCUT2D eigenvalue weighted by Gasteiger charge is -2.37. The van der Waals surface area contributed by atoms with Crippen LogP contribution in [0.5, 0.6) is 0 Å². The molecule has 0 aliphatic carbocycles. The molecule has 2 amide bonds. The van der Waals surface area contributed by atoms with Gasteiger partial charge in [0.25, 0.3) is 0 Å². The molecular formula is C17H28N2O5. The summed E-state index contributed by atoms with van der Waals surface area (Å²) in [6, 6.07) is -0.603. The predicted octanol–water partition coefficient (Wildman–Crippen LogP) is 1.00. The average Bonchev–Trinajstić information content (AvgIpc) is 2.51. The summed E-state index contributed by atoms with van der Waals surface area (Å²) in [7, 11) is 0. The van der Waals surface area contributed by atoms with Crippen LogP contribution < -0.4 is 5.32 Å². The van der Waals surface area contributed by atoms with Crippen LogP contribution in [-0.4, -0.2) is 60.1 Å². The third kappa shape index (κ3) is 5.47. The van der Waals surface area contributed by atoms with Crippen molar-refractivity contribution in [2.24, 2.45) is 0 Å². The number of esters is 1. The van der Waals surface area contributed by atoms with Gasteiger partial charge in [-0.3, -0.25) is 14.4 Å². The molecule has 0 aromatic rings. The van der Waals surface area contributed by atoms with Crippen LogP contribution in [0.3, 0.4) is 0 Å². The lowest BCUT2D eigenvalue weighted by atomic mass is 10.0. The van der Waals surface area contributed by atoms with Gasteiger partial charge in [0, 0.05) is 25.7 Å². The van der Waals surface area contributed by atoms with Gasteiger partial charge in [-0.15, -0.1) is 0 Å². The van der Waals surface area contributed by atoms with Crippen molar-refractivity contribution in [1.29, 1.82) is 0 Å². The van der Waals surface area contributed by atoms with Gasteiger partial charge in [-0.2, -0.15) is 0 Å². The number of amides is 2. The number of hydrogen-bond donors (Lipinski definition) is 1. The molecule has 0 aromatic heterocycles. The van der Waals surface area contributed by atoms with E-state index in [1.165, 1.54) is 0 Å². The van der Waals surface area contributed by atoms with Crippen LogP contribution in [0.1, 0.15) is 52.9 Å². The number of rotatable bonds is 4. The zero-order chi connectivity index (χ0) is 17.7. The van der Waals surface area contributed by atoms with Crippen LogP contribution >= 0.6 is 0 Å². The first-order valence-corrected chi connectivity index (χ1v) is 8.66. The normalized spacial score (nSPS) is 22.6. The molecule has 2 heterocycles. The van der Waals surface area contributed by atoms with E-state index in [4.69, 9.17) is 9.47 Å². The molecule has 1 unspecified atom stereocenters. The highest BCUT2D eigenvalue weighted by Gasteiger charge is 2.35. The number of nitrogens with zero attached hydrogens (tertiary/aromatic N) is 1. The highest BCUT2D eigenvalue weighted by Crippen LogP contribution is 2.19. The van der Waals surface area contributed by atoms with Crippen molar-refractivity contribution in [1.82, 2.24) is 10.2 Å². The minimum Gasteiger partial charge on any atom is -0.459 e. The molecule has 0 radical (unpaired) electrons. The standard InChI is InChI=1S/C17H28N2O5/c1-17(2,3)24-15(21)11-19(12-7-9-23-10-8-12)16(22)13-5-4-6-14(20)18-13/h12-13H,4-11H2,1-3H3,(H,18,20). The van der Waals surface area contributed by atoms with Gasteiger partial charge >= 0.3 is 5.97 Å². The summed E-state index contributed by atoms with van der Waals surface area (Å²) in [5, 5.41) is 2.74. The average molecular weight is 340 g/mol. The number of hydrogen-bond acceptors (Lipinski definition) is 5. The van der Waals surface area contributed by atoms with Crippen molar-refractivity contribution in [3.05, 3.63) is 0 Å². The molecule has 1 N–H and O–H groups in total. The molecule has 0 spiro atoms. The number of carbonyl (C=O) groups excluding carboxylic acids is 3. The first-order chi connectivity index (χ1) is 11.3. The summed E-state index contributed by atoms with van der Waals surface area (Å²) >= 11 is 0. The van der Waals surface area contributed by atoms with E-state index in [0.29, 0.717) is 45.3 Å². The quantitative estimate of drug-likeness (QED) is 0.772. The molecule has 2 aliphatic rings. The Labute approximate surface area is 143 Å². The fourth-order valence-corrected chi connectivity index (χ4v) is 3.09. The topological polar surface area (TPSA) is 84.9 Å². The van der Waals surface area contributed by atoms with Gasteiger partial charge < -0.3 is 19.7 Å². The Morgan fingerprint density at radius 1 is 1.25 bits per heavy atom. The van der Waals surface area contributed by atoms with E-state index in [-0.39, 0.29) is 24.4 Å². The molecule has 0 saturated carbocycles. The Balaban J connectivity index is 2.08. The van der Waals surface area contributed by atoms with Crippen molar-refractivity contribution < 1.29 is 23.9 Å². The van der Waals surface area contributed by atoms with E-state index < -0.39 is 17.6 Å². The van der Waals surface area contributed by atoms with Crippen LogP contribution in [0.15, 0.2) is 0 Å². The number of piperidine rings is 1. The van der Waals surface area contributed by atoms with Gasteiger partial charge in [0.05, 0.1) is 0 Å². The SMILES string of the molecule is CC(C)(C)OC(=O)CN(C(=O)C1CCCC(=O)N1)C1CCOCC1. The first-order valence-electron chi connectivity index (χ1n) is 8.66. The second kappa shape index (κ2) is 7.96. The van der Waals surface area contributed by atoms with Gasteiger partial charge in [0.15, 0.2) is 0 Å². The zero-order valence-electron chi connectivity index (χ0n) is 14.8. The van der Waals surface area contributed by atoms with Crippen LogP contribution in [0, 0.1) is 0 Å². The maximum Gasteiger partial charge on any atom is 0.326 e. The highest BCUT2D eigenvalue weighted by molar-refractivity contribution is 5.90. The second-order valence-electron chi connectivity index (χ2n) is 7.41. The summed E-state index contributed by atoms with van der Waals surface area (Å²) in [5.41, 5.74) is -0.597. The zero-order valence-corrected chi connectivity index (χ0v) is 14.8. The Kier molecular flexibility index (Phi) is 6.21. The first kappa shape index (κ1) is 18.7. The molecule has 24 heavy (non-hydrogen) atoms. The Morgan fingerprint density at radius 3 is 2.50 bits per heavy atom.